The lowest BCUT2D eigenvalue weighted by Gasteiger charge is -2.57. The molecule has 4 N–H and O–H groups in total. The lowest BCUT2D eigenvalue weighted by atomic mass is 9.48. The van der Waals surface area contributed by atoms with Crippen LogP contribution in [0.1, 0.15) is 49.7 Å². The Hall–Kier alpha value is -1.62. The fourth-order valence-corrected chi connectivity index (χ4v) is 5.67. The highest BCUT2D eigenvalue weighted by atomic mass is 32.1. The molecule has 4 nitrogen and oxygen atoms in total. The molecule has 0 aliphatic heterocycles. The maximum absolute atomic E-state index is 10.1. The smallest absolute Gasteiger partial charge is 0.184 e. The number of thiocarbonyl (C=S) groups is 1. The van der Waals surface area contributed by atoms with Crippen molar-refractivity contribution in [3.05, 3.63) is 29.3 Å². The summed E-state index contributed by atoms with van der Waals surface area (Å²) in [6.07, 6.45) is 9.83. The van der Waals surface area contributed by atoms with Gasteiger partial charge in [-0.25, -0.2) is 0 Å². The second-order valence-corrected chi connectivity index (χ2v) is 8.15. The first-order chi connectivity index (χ1) is 11.0. The summed E-state index contributed by atoms with van der Waals surface area (Å²) < 4.78 is 0. The fraction of sp³-hybridized carbons (Fsp3) is 0.556. The van der Waals surface area contributed by atoms with Gasteiger partial charge < -0.3 is 10.8 Å². The van der Waals surface area contributed by atoms with Crippen LogP contribution in [0.25, 0.3) is 0 Å². The Balaban J connectivity index is 1.64. The molecule has 4 bridgehead atoms. The first-order valence-electron chi connectivity index (χ1n) is 8.46. The number of rotatable bonds is 3. The van der Waals surface area contributed by atoms with Crippen molar-refractivity contribution in [2.24, 2.45) is 28.6 Å². The van der Waals surface area contributed by atoms with Crippen LogP contribution in [-0.2, 0) is 5.41 Å². The first-order valence-corrected chi connectivity index (χ1v) is 8.87. The van der Waals surface area contributed by atoms with E-state index in [0.717, 1.165) is 23.3 Å². The molecule has 4 aliphatic rings. The van der Waals surface area contributed by atoms with Gasteiger partial charge in [-0.2, -0.15) is 5.10 Å². The summed E-state index contributed by atoms with van der Waals surface area (Å²) in [6.45, 7) is 0. The largest absolute Gasteiger partial charge is 0.507 e. The molecule has 0 unspecified atom stereocenters. The van der Waals surface area contributed by atoms with E-state index in [0.29, 0.717) is 5.41 Å². The molecule has 23 heavy (non-hydrogen) atoms. The van der Waals surface area contributed by atoms with Gasteiger partial charge in [0.05, 0.1) is 6.21 Å². The van der Waals surface area contributed by atoms with E-state index in [1.54, 1.807) is 12.3 Å². The summed E-state index contributed by atoms with van der Waals surface area (Å²) in [7, 11) is 0. The van der Waals surface area contributed by atoms with Crippen LogP contribution in [0.15, 0.2) is 23.3 Å². The maximum atomic E-state index is 10.1. The predicted molar refractivity (Wildman–Crippen MR) is 95.5 cm³/mol. The Morgan fingerprint density at radius 2 is 1.83 bits per heavy atom. The number of phenolic OH excluding ortho intramolecular Hbond substituents is 1. The summed E-state index contributed by atoms with van der Waals surface area (Å²) in [5.74, 6) is 2.96. The van der Waals surface area contributed by atoms with Gasteiger partial charge in [-0.3, -0.25) is 5.43 Å². The maximum Gasteiger partial charge on any atom is 0.184 e. The molecule has 5 rings (SSSR count). The number of hydrogen-bond acceptors (Lipinski definition) is 3. The Labute approximate surface area is 142 Å². The molecular weight excluding hydrogens is 306 g/mol. The van der Waals surface area contributed by atoms with Gasteiger partial charge in [-0.05, 0) is 91.6 Å². The van der Waals surface area contributed by atoms with Gasteiger partial charge in [0, 0.05) is 5.56 Å². The number of aromatic hydroxyl groups is 1. The van der Waals surface area contributed by atoms with Crippen LogP contribution < -0.4 is 11.2 Å². The van der Waals surface area contributed by atoms with Gasteiger partial charge in [0.15, 0.2) is 5.11 Å². The molecule has 0 aromatic heterocycles. The average molecular weight is 329 g/mol. The number of phenols is 1. The summed E-state index contributed by atoms with van der Waals surface area (Å²) in [6, 6.07) is 6.02. The van der Waals surface area contributed by atoms with Crippen molar-refractivity contribution in [3.8, 4) is 5.75 Å². The third-order valence-electron chi connectivity index (χ3n) is 6.06. The van der Waals surface area contributed by atoms with Crippen molar-refractivity contribution in [1.82, 2.24) is 5.43 Å². The third kappa shape index (κ3) is 2.71. The van der Waals surface area contributed by atoms with Crippen LogP contribution in [0.4, 0.5) is 0 Å². The number of hydrogen-bond donors (Lipinski definition) is 3. The van der Waals surface area contributed by atoms with Crippen molar-refractivity contribution in [2.75, 3.05) is 0 Å². The van der Waals surface area contributed by atoms with Crippen molar-refractivity contribution >= 4 is 23.5 Å². The fourth-order valence-electron chi connectivity index (χ4n) is 5.62. The van der Waals surface area contributed by atoms with Crippen LogP contribution in [0.5, 0.6) is 5.75 Å². The van der Waals surface area contributed by atoms with E-state index in [1.165, 1.54) is 44.1 Å². The zero-order chi connectivity index (χ0) is 16.0. The minimum Gasteiger partial charge on any atom is -0.507 e. The number of nitrogens with two attached hydrogens (primary N) is 1. The number of nitrogens with zero attached hydrogens (tertiary/aromatic N) is 1. The second kappa shape index (κ2) is 5.48. The Kier molecular flexibility index (Phi) is 3.56. The van der Waals surface area contributed by atoms with Crippen LogP contribution in [-0.4, -0.2) is 16.4 Å². The van der Waals surface area contributed by atoms with Crippen molar-refractivity contribution in [2.45, 2.75) is 43.9 Å². The Bertz CT molecular complexity index is 635. The van der Waals surface area contributed by atoms with E-state index in [-0.39, 0.29) is 10.9 Å². The average Bonchev–Trinajstić information content (AvgIpc) is 2.47. The van der Waals surface area contributed by atoms with Crippen LogP contribution in [0, 0.1) is 17.8 Å². The lowest BCUT2D eigenvalue weighted by molar-refractivity contribution is -0.00520. The second-order valence-electron chi connectivity index (χ2n) is 7.71. The highest BCUT2D eigenvalue weighted by Crippen LogP contribution is 2.60. The van der Waals surface area contributed by atoms with Gasteiger partial charge in [0.25, 0.3) is 0 Å². The highest BCUT2D eigenvalue weighted by molar-refractivity contribution is 7.80. The summed E-state index contributed by atoms with van der Waals surface area (Å²) >= 11 is 4.74. The molecule has 0 saturated heterocycles. The lowest BCUT2D eigenvalue weighted by Crippen LogP contribution is -2.48. The highest BCUT2D eigenvalue weighted by Gasteiger charge is 2.51. The van der Waals surface area contributed by atoms with E-state index in [1.807, 2.05) is 0 Å². The Morgan fingerprint density at radius 3 is 2.39 bits per heavy atom. The van der Waals surface area contributed by atoms with E-state index in [9.17, 15) is 5.11 Å². The molecule has 0 amide bonds. The molecule has 4 aliphatic carbocycles. The first kappa shape index (κ1) is 14.9. The minimum atomic E-state index is 0.123. The van der Waals surface area contributed by atoms with Crippen molar-refractivity contribution < 1.29 is 5.11 Å². The molecule has 122 valence electrons. The predicted octanol–water partition coefficient (Wildman–Crippen LogP) is 3.03. The van der Waals surface area contributed by atoms with Gasteiger partial charge in [0.1, 0.15) is 5.75 Å². The molecule has 0 heterocycles. The molecule has 1 aromatic carbocycles. The summed E-state index contributed by atoms with van der Waals surface area (Å²) in [4.78, 5) is 0. The Morgan fingerprint density at radius 1 is 1.22 bits per heavy atom. The third-order valence-corrected chi connectivity index (χ3v) is 6.15. The molecule has 0 spiro atoms. The SMILES string of the molecule is NC(=S)NN=Cc1cc(C23CC4CC(CC(C4)C2)C3)ccc1O. The number of hydrazone groups is 1. The van der Waals surface area contributed by atoms with E-state index in [4.69, 9.17) is 18.0 Å². The molecule has 1 aromatic rings. The molecule has 0 radical (unpaired) electrons. The molecule has 0 atom stereocenters. The molecule has 5 heteroatoms. The monoisotopic (exact) mass is 329 g/mol. The molecule has 4 saturated carbocycles. The summed E-state index contributed by atoms with van der Waals surface area (Å²) in [5.41, 5.74) is 10.3. The van der Waals surface area contributed by atoms with Gasteiger partial charge in [0.2, 0.25) is 0 Å². The topological polar surface area (TPSA) is 70.6 Å². The number of benzene rings is 1. The number of nitrogens with one attached hydrogen (secondary N) is 1. The van der Waals surface area contributed by atoms with Crippen LogP contribution in [0.2, 0.25) is 0 Å². The van der Waals surface area contributed by atoms with Crippen LogP contribution >= 0.6 is 12.2 Å². The minimum absolute atomic E-state index is 0.123. The summed E-state index contributed by atoms with van der Waals surface area (Å²) in [5, 5.41) is 14.2. The van der Waals surface area contributed by atoms with Gasteiger partial charge in [-0.1, -0.05) is 6.07 Å². The molecular formula is C18H23N3OS. The van der Waals surface area contributed by atoms with Crippen LogP contribution in [0.3, 0.4) is 0 Å². The van der Waals surface area contributed by atoms with Gasteiger partial charge >= 0.3 is 0 Å². The quantitative estimate of drug-likeness (QED) is 0.453. The van der Waals surface area contributed by atoms with E-state index >= 15 is 0 Å². The normalized spacial score (nSPS) is 34.9. The van der Waals surface area contributed by atoms with E-state index in [2.05, 4.69) is 22.7 Å². The molecule has 4 fully saturated rings. The zero-order valence-corrected chi connectivity index (χ0v) is 14.0. The van der Waals surface area contributed by atoms with Crippen molar-refractivity contribution in [3.63, 3.8) is 0 Å². The zero-order valence-electron chi connectivity index (χ0n) is 13.2. The van der Waals surface area contributed by atoms with Crippen molar-refractivity contribution in [1.29, 1.82) is 0 Å². The standard InChI is InChI=1S/C18H23N3OS/c19-17(23)21-20-10-14-6-15(1-2-16(14)22)18-7-11-3-12(8-18)5-13(4-11)9-18/h1-2,6,10-13,22H,3-5,7-9H2,(H3,19,21,23). The van der Waals surface area contributed by atoms with E-state index < -0.39 is 0 Å². The van der Waals surface area contributed by atoms with Gasteiger partial charge in [-0.15, -0.1) is 0 Å².